The Balaban J connectivity index is 1.56. The molecule has 8 heteroatoms. The Morgan fingerprint density at radius 1 is 1.04 bits per heavy atom. The molecule has 8 nitrogen and oxygen atoms in total. The van der Waals surface area contributed by atoms with Crippen LogP contribution in [0, 0.1) is 0 Å². The maximum absolute atomic E-state index is 12.7. The standard InChI is InChI=1S/C19H22N6O2/c26-16(23-10-6-1-2-7-11-23)13-24-14-20-18-17(19(24)27)21-22-25(18)12-15-8-4-3-5-9-15/h3-5,8-9,14H,1-2,6-7,10-13H2. The summed E-state index contributed by atoms with van der Waals surface area (Å²) in [5, 5.41) is 8.07. The van der Waals surface area contributed by atoms with Crippen molar-refractivity contribution in [2.45, 2.75) is 38.8 Å². The van der Waals surface area contributed by atoms with Crippen LogP contribution in [0.3, 0.4) is 0 Å². The molecule has 0 bridgehead atoms. The third-order valence-corrected chi connectivity index (χ3v) is 4.93. The second-order valence-corrected chi connectivity index (χ2v) is 6.88. The Hall–Kier alpha value is -3.03. The number of benzene rings is 1. The molecule has 1 amide bonds. The van der Waals surface area contributed by atoms with Gasteiger partial charge in [0.05, 0.1) is 6.54 Å². The highest BCUT2D eigenvalue weighted by Crippen LogP contribution is 2.11. The number of hydrogen-bond donors (Lipinski definition) is 0. The lowest BCUT2D eigenvalue weighted by Crippen LogP contribution is -2.37. The highest BCUT2D eigenvalue weighted by Gasteiger charge is 2.18. The fourth-order valence-corrected chi connectivity index (χ4v) is 3.43. The van der Waals surface area contributed by atoms with Crippen molar-refractivity contribution in [2.24, 2.45) is 0 Å². The minimum absolute atomic E-state index is 0.00663. The fraction of sp³-hybridized carbons (Fsp3) is 0.421. The fourth-order valence-electron chi connectivity index (χ4n) is 3.43. The monoisotopic (exact) mass is 366 g/mol. The highest BCUT2D eigenvalue weighted by molar-refractivity contribution is 5.76. The van der Waals surface area contributed by atoms with Crippen LogP contribution in [-0.4, -0.2) is 48.4 Å². The first-order valence-corrected chi connectivity index (χ1v) is 9.33. The molecule has 0 spiro atoms. The maximum atomic E-state index is 12.7. The number of hydrogen-bond acceptors (Lipinski definition) is 5. The molecule has 1 saturated heterocycles. The number of carbonyl (C=O) groups is 1. The SMILES string of the molecule is O=C(Cn1cnc2c(nnn2Cc2ccccc2)c1=O)N1CCCCCC1. The molecule has 1 fully saturated rings. The van der Waals surface area contributed by atoms with Gasteiger partial charge in [-0.05, 0) is 18.4 Å². The number of nitrogens with zero attached hydrogens (tertiary/aromatic N) is 6. The lowest BCUT2D eigenvalue weighted by molar-refractivity contribution is -0.131. The lowest BCUT2D eigenvalue weighted by Gasteiger charge is -2.20. The van der Waals surface area contributed by atoms with Crippen LogP contribution in [0.2, 0.25) is 0 Å². The summed E-state index contributed by atoms with van der Waals surface area (Å²) in [6.07, 6.45) is 5.77. The van der Waals surface area contributed by atoms with Crippen LogP contribution in [0.4, 0.5) is 0 Å². The first kappa shape index (κ1) is 17.4. The molecule has 27 heavy (non-hydrogen) atoms. The Bertz CT molecular complexity index is 986. The van der Waals surface area contributed by atoms with Crippen molar-refractivity contribution >= 4 is 17.1 Å². The molecule has 3 aromatic rings. The number of aromatic nitrogens is 5. The van der Waals surface area contributed by atoms with Crippen molar-refractivity contribution in [3.05, 3.63) is 52.6 Å². The van der Waals surface area contributed by atoms with E-state index < -0.39 is 0 Å². The van der Waals surface area contributed by atoms with E-state index in [9.17, 15) is 9.59 Å². The van der Waals surface area contributed by atoms with E-state index in [1.165, 1.54) is 10.9 Å². The molecule has 1 aliphatic heterocycles. The number of likely N-dealkylation sites (tertiary alicyclic amines) is 1. The van der Waals surface area contributed by atoms with Gasteiger partial charge < -0.3 is 4.90 Å². The molecule has 0 N–H and O–H groups in total. The van der Waals surface area contributed by atoms with Gasteiger partial charge in [-0.15, -0.1) is 5.10 Å². The first-order chi connectivity index (χ1) is 13.2. The zero-order chi connectivity index (χ0) is 18.6. The van der Waals surface area contributed by atoms with Gasteiger partial charge in [0.15, 0.2) is 11.2 Å². The van der Waals surface area contributed by atoms with Crippen LogP contribution in [0.1, 0.15) is 31.2 Å². The quantitative estimate of drug-likeness (QED) is 0.697. The van der Waals surface area contributed by atoms with Crippen LogP contribution in [-0.2, 0) is 17.9 Å². The van der Waals surface area contributed by atoms with Gasteiger partial charge in [0.2, 0.25) is 5.91 Å². The predicted octanol–water partition coefficient (Wildman–Crippen LogP) is 1.44. The number of fused-ring (bicyclic) bond motifs is 1. The van der Waals surface area contributed by atoms with E-state index in [1.807, 2.05) is 35.2 Å². The van der Waals surface area contributed by atoms with Crippen molar-refractivity contribution in [1.29, 1.82) is 0 Å². The normalized spacial score (nSPS) is 15.0. The van der Waals surface area contributed by atoms with Crippen LogP contribution in [0.5, 0.6) is 0 Å². The number of amides is 1. The van der Waals surface area contributed by atoms with Crippen molar-refractivity contribution in [1.82, 2.24) is 29.4 Å². The molecule has 0 atom stereocenters. The van der Waals surface area contributed by atoms with E-state index in [0.29, 0.717) is 12.2 Å². The van der Waals surface area contributed by atoms with E-state index >= 15 is 0 Å². The van der Waals surface area contributed by atoms with Gasteiger partial charge in [-0.2, -0.15) is 0 Å². The summed E-state index contributed by atoms with van der Waals surface area (Å²) in [5.74, 6) is -0.0446. The Morgan fingerprint density at radius 3 is 2.52 bits per heavy atom. The van der Waals surface area contributed by atoms with Gasteiger partial charge in [0.25, 0.3) is 5.56 Å². The molecule has 4 rings (SSSR count). The van der Waals surface area contributed by atoms with Gasteiger partial charge in [-0.1, -0.05) is 48.4 Å². The molecule has 0 aliphatic carbocycles. The number of carbonyl (C=O) groups excluding carboxylic acids is 1. The van der Waals surface area contributed by atoms with Crippen molar-refractivity contribution in [2.75, 3.05) is 13.1 Å². The minimum Gasteiger partial charge on any atom is -0.341 e. The second kappa shape index (κ2) is 7.69. The van der Waals surface area contributed by atoms with Crippen LogP contribution in [0.25, 0.3) is 11.2 Å². The summed E-state index contributed by atoms with van der Waals surface area (Å²) >= 11 is 0. The lowest BCUT2D eigenvalue weighted by atomic mass is 10.2. The topological polar surface area (TPSA) is 85.9 Å². The smallest absolute Gasteiger partial charge is 0.283 e. The molecule has 1 aliphatic rings. The van der Waals surface area contributed by atoms with Crippen LogP contribution >= 0.6 is 0 Å². The second-order valence-electron chi connectivity index (χ2n) is 6.88. The third-order valence-electron chi connectivity index (χ3n) is 4.93. The van der Waals surface area contributed by atoms with Gasteiger partial charge in [0.1, 0.15) is 12.9 Å². The molecular formula is C19H22N6O2. The number of rotatable bonds is 4. The van der Waals surface area contributed by atoms with Gasteiger partial charge in [-0.3, -0.25) is 14.2 Å². The van der Waals surface area contributed by atoms with Crippen LogP contribution < -0.4 is 5.56 Å². The minimum atomic E-state index is -0.331. The molecular weight excluding hydrogens is 344 g/mol. The van der Waals surface area contributed by atoms with E-state index in [-0.39, 0.29) is 23.5 Å². The van der Waals surface area contributed by atoms with Crippen LogP contribution in [0.15, 0.2) is 41.5 Å². The molecule has 140 valence electrons. The van der Waals surface area contributed by atoms with Crippen molar-refractivity contribution in [3.63, 3.8) is 0 Å². The predicted molar refractivity (Wildman–Crippen MR) is 100 cm³/mol. The first-order valence-electron chi connectivity index (χ1n) is 9.33. The summed E-state index contributed by atoms with van der Waals surface area (Å²) in [6, 6.07) is 9.80. The van der Waals surface area contributed by atoms with E-state index in [2.05, 4.69) is 15.3 Å². The summed E-state index contributed by atoms with van der Waals surface area (Å²) in [5.41, 5.74) is 1.34. The largest absolute Gasteiger partial charge is 0.341 e. The molecule has 0 radical (unpaired) electrons. The molecule has 3 heterocycles. The van der Waals surface area contributed by atoms with Gasteiger partial charge in [0, 0.05) is 13.1 Å². The van der Waals surface area contributed by atoms with E-state index in [0.717, 1.165) is 44.3 Å². The molecule has 0 unspecified atom stereocenters. The Labute approximate surface area is 156 Å². The maximum Gasteiger partial charge on any atom is 0.283 e. The average Bonchev–Trinajstić information content (AvgIpc) is 2.91. The molecule has 1 aromatic carbocycles. The average molecular weight is 366 g/mol. The summed E-state index contributed by atoms with van der Waals surface area (Å²) in [6.45, 7) is 2.00. The molecule has 2 aromatic heterocycles. The Kier molecular flexibility index (Phi) is 4.95. The Morgan fingerprint density at radius 2 is 1.78 bits per heavy atom. The molecule has 0 saturated carbocycles. The van der Waals surface area contributed by atoms with Gasteiger partial charge in [-0.25, -0.2) is 9.67 Å². The zero-order valence-electron chi connectivity index (χ0n) is 15.1. The van der Waals surface area contributed by atoms with Crippen molar-refractivity contribution < 1.29 is 4.79 Å². The summed E-state index contributed by atoms with van der Waals surface area (Å²) in [7, 11) is 0. The third kappa shape index (κ3) is 3.74. The van der Waals surface area contributed by atoms with E-state index in [1.54, 1.807) is 4.68 Å². The summed E-state index contributed by atoms with van der Waals surface area (Å²) in [4.78, 5) is 31.5. The van der Waals surface area contributed by atoms with Crippen molar-refractivity contribution in [3.8, 4) is 0 Å². The van der Waals surface area contributed by atoms with Gasteiger partial charge >= 0.3 is 0 Å². The highest BCUT2D eigenvalue weighted by atomic mass is 16.2. The zero-order valence-corrected chi connectivity index (χ0v) is 15.1. The summed E-state index contributed by atoms with van der Waals surface area (Å²) < 4.78 is 2.93. The van der Waals surface area contributed by atoms with E-state index in [4.69, 9.17) is 0 Å².